The van der Waals surface area contributed by atoms with E-state index in [9.17, 15) is 4.79 Å². The molecule has 0 fully saturated rings. The summed E-state index contributed by atoms with van der Waals surface area (Å²) in [4.78, 5) is 10.7. The third-order valence-electron chi connectivity index (χ3n) is 4.71. The first-order chi connectivity index (χ1) is 10.7. The lowest BCUT2D eigenvalue weighted by molar-refractivity contribution is -0.108. The minimum absolute atomic E-state index is 0.0822. The van der Waals surface area contributed by atoms with Crippen molar-refractivity contribution in [3.8, 4) is 11.8 Å². The molecule has 0 aromatic carbocycles. The van der Waals surface area contributed by atoms with Crippen molar-refractivity contribution in [3.63, 3.8) is 0 Å². The maximum absolute atomic E-state index is 10.7. The van der Waals surface area contributed by atoms with Gasteiger partial charge in [-0.1, -0.05) is 65.7 Å². The van der Waals surface area contributed by atoms with Crippen molar-refractivity contribution in [2.75, 3.05) is 0 Å². The number of hydrogen-bond acceptors (Lipinski definition) is 2. The lowest BCUT2D eigenvalue weighted by Gasteiger charge is -2.38. The molecule has 134 valence electrons. The van der Waals surface area contributed by atoms with Gasteiger partial charge in [0.1, 0.15) is 12.4 Å². The summed E-state index contributed by atoms with van der Waals surface area (Å²) in [6.45, 7) is 13.4. The highest BCUT2D eigenvalue weighted by atomic mass is 28.4. The van der Waals surface area contributed by atoms with Gasteiger partial charge in [0.05, 0.1) is 0 Å². The first-order valence-corrected chi connectivity index (χ1v) is 12.2. The molecule has 0 saturated carbocycles. The van der Waals surface area contributed by atoms with E-state index in [0.717, 1.165) is 19.1 Å². The average Bonchev–Trinajstić information content (AvgIpc) is 2.45. The summed E-state index contributed by atoms with van der Waals surface area (Å²) in [5.74, 6) is 6.58. The molecule has 2 nitrogen and oxygen atoms in total. The number of aldehydes is 1. The second-order valence-electron chi connectivity index (χ2n) is 7.95. The van der Waals surface area contributed by atoms with Crippen LogP contribution in [0.2, 0.25) is 18.1 Å². The molecule has 0 unspecified atom stereocenters. The van der Waals surface area contributed by atoms with Gasteiger partial charge in [-0.25, -0.2) is 0 Å². The van der Waals surface area contributed by atoms with E-state index in [1.807, 2.05) is 0 Å². The molecule has 1 atom stereocenters. The second-order valence-corrected chi connectivity index (χ2v) is 12.7. The Labute approximate surface area is 145 Å². The topological polar surface area (TPSA) is 26.3 Å². The summed E-state index contributed by atoms with van der Waals surface area (Å²) in [7, 11) is -1.83. The number of carbonyl (C=O) groups is 1. The molecular weight excluding hydrogens is 300 g/mol. The van der Waals surface area contributed by atoms with E-state index >= 15 is 0 Å². The van der Waals surface area contributed by atoms with Crippen LogP contribution in [0.4, 0.5) is 0 Å². The van der Waals surface area contributed by atoms with Gasteiger partial charge in [-0.3, -0.25) is 0 Å². The minimum Gasteiger partial charge on any atom is -0.403 e. The fourth-order valence-electron chi connectivity index (χ4n) is 2.09. The van der Waals surface area contributed by atoms with E-state index in [2.05, 4.69) is 52.6 Å². The van der Waals surface area contributed by atoms with Crippen LogP contribution >= 0.6 is 0 Å². The Morgan fingerprint density at radius 2 is 1.70 bits per heavy atom. The SMILES string of the molecule is CCCCCCCCC#C[C@@H](CCC=O)O[Si](C)(C)C(C)(C)C. The van der Waals surface area contributed by atoms with Crippen LogP contribution in [0.1, 0.15) is 85.5 Å². The standard InChI is InChI=1S/C20H38O2Si/c1-7-8-9-10-11-12-13-14-16-19(17-15-18-21)22-23(5,6)20(2,3)4/h18-19H,7-13,15,17H2,1-6H3/t19-/m0/s1. The minimum atomic E-state index is -1.83. The van der Waals surface area contributed by atoms with Crippen molar-refractivity contribution in [3.05, 3.63) is 0 Å². The van der Waals surface area contributed by atoms with Crippen LogP contribution in [-0.4, -0.2) is 20.7 Å². The summed E-state index contributed by atoms with van der Waals surface area (Å²) in [5, 5.41) is 0.174. The summed E-state index contributed by atoms with van der Waals surface area (Å²) in [6.07, 6.45) is 10.9. The molecule has 0 heterocycles. The monoisotopic (exact) mass is 338 g/mol. The van der Waals surface area contributed by atoms with Gasteiger partial charge < -0.3 is 9.22 Å². The first-order valence-electron chi connectivity index (χ1n) is 9.34. The molecule has 0 radical (unpaired) electrons. The second kappa shape index (κ2) is 11.9. The van der Waals surface area contributed by atoms with Crippen LogP contribution in [0.25, 0.3) is 0 Å². The van der Waals surface area contributed by atoms with Gasteiger partial charge >= 0.3 is 0 Å². The molecule has 0 amide bonds. The fraction of sp³-hybridized carbons (Fsp3) is 0.850. The Balaban J connectivity index is 4.35. The van der Waals surface area contributed by atoms with E-state index in [4.69, 9.17) is 4.43 Å². The van der Waals surface area contributed by atoms with Crippen molar-refractivity contribution in [2.24, 2.45) is 0 Å². The highest BCUT2D eigenvalue weighted by Crippen LogP contribution is 2.37. The average molecular weight is 339 g/mol. The molecule has 0 aliphatic heterocycles. The predicted molar refractivity (Wildman–Crippen MR) is 103 cm³/mol. The van der Waals surface area contributed by atoms with Crippen LogP contribution in [-0.2, 0) is 9.22 Å². The molecule has 0 spiro atoms. The number of unbranched alkanes of at least 4 members (excludes halogenated alkanes) is 6. The Hall–Kier alpha value is -0.593. The number of hydrogen-bond donors (Lipinski definition) is 0. The third-order valence-corrected chi connectivity index (χ3v) is 9.19. The van der Waals surface area contributed by atoms with Crippen molar-refractivity contribution in [2.45, 2.75) is 110 Å². The van der Waals surface area contributed by atoms with Crippen molar-refractivity contribution in [1.29, 1.82) is 0 Å². The summed E-state index contributed by atoms with van der Waals surface area (Å²) < 4.78 is 6.37. The zero-order chi connectivity index (χ0) is 17.8. The first kappa shape index (κ1) is 22.4. The van der Waals surface area contributed by atoms with Gasteiger partial charge in [-0.05, 0) is 31.0 Å². The van der Waals surface area contributed by atoms with Gasteiger partial charge in [0.2, 0.25) is 0 Å². The Morgan fingerprint density at radius 1 is 1.09 bits per heavy atom. The van der Waals surface area contributed by atoms with Crippen LogP contribution < -0.4 is 0 Å². The van der Waals surface area contributed by atoms with E-state index in [1.165, 1.54) is 38.5 Å². The number of rotatable bonds is 11. The molecule has 0 aromatic heterocycles. The van der Waals surface area contributed by atoms with E-state index < -0.39 is 8.32 Å². The molecule has 0 bridgehead atoms. The molecule has 0 aromatic rings. The fourth-order valence-corrected chi connectivity index (χ4v) is 3.33. The quantitative estimate of drug-likeness (QED) is 0.197. The van der Waals surface area contributed by atoms with E-state index in [-0.39, 0.29) is 11.1 Å². The third kappa shape index (κ3) is 10.7. The molecule has 23 heavy (non-hydrogen) atoms. The molecule has 0 N–H and O–H groups in total. The lowest BCUT2D eigenvalue weighted by atomic mass is 10.1. The van der Waals surface area contributed by atoms with Gasteiger partial charge in [-0.2, -0.15) is 0 Å². The van der Waals surface area contributed by atoms with Crippen LogP contribution in [0.15, 0.2) is 0 Å². The Kier molecular flexibility index (Phi) is 11.6. The van der Waals surface area contributed by atoms with Crippen molar-refractivity contribution >= 4 is 14.6 Å². The van der Waals surface area contributed by atoms with Crippen molar-refractivity contribution in [1.82, 2.24) is 0 Å². The Bertz CT molecular complexity index is 371. The highest BCUT2D eigenvalue weighted by Gasteiger charge is 2.38. The maximum Gasteiger partial charge on any atom is 0.193 e. The van der Waals surface area contributed by atoms with Crippen molar-refractivity contribution < 1.29 is 9.22 Å². The largest absolute Gasteiger partial charge is 0.403 e. The van der Waals surface area contributed by atoms with Crippen LogP contribution in [0.3, 0.4) is 0 Å². The summed E-state index contributed by atoms with van der Waals surface area (Å²) in [6, 6.07) is 0. The maximum atomic E-state index is 10.7. The normalized spacial score (nSPS) is 13.3. The van der Waals surface area contributed by atoms with Gasteiger partial charge in [-0.15, -0.1) is 5.92 Å². The highest BCUT2D eigenvalue weighted by molar-refractivity contribution is 6.74. The van der Waals surface area contributed by atoms with Crippen LogP contribution in [0, 0.1) is 11.8 Å². The lowest BCUT2D eigenvalue weighted by Crippen LogP contribution is -2.43. The van der Waals surface area contributed by atoms with Gasteiger partial charge in [0.25, 0.3) is 0 Å². The smallest absolute Gasteiger partial charge is 0.193 e. The number of carbonyl (C=O) groups excluding carboxylic acids is 1. The summed E-state index contributed by atoms with van der Waals surface area (Å²) >= 11 is 0. The Morgan fingerprint density at radius 3 is 2.26 bits per heavy atom. The molecule has 0 aliphatic carbocycles. The molecule has 0 aliphatic rings. The van der Waals surface area contributed by atoms with Crippen LogP contribution in [0.5, 0.6) is 0 Å². The summed E-state index contributed by atoms with van der Waals surface area (Å²) in [5.41, 5.74) is 0. The van der Waals surface area contributed by atoms with Gasteiger partial charge in [0.15, 0.2) is 8.32 Å². The molecule has 0 saturated heterocycles. The zero-order valence-corrected chi connectivity index (χ0v) is 17.3. The van der Waals surface area contributed by atoms with E-state index in [0.29, 0.717) is 6.42 Å². The molecule has 0 rings (SSSR count). The molecule has 3 heteroatoms. The zero-order valence-electron chi connectivity index (χ0n) is 16.3. The van der Waals surface area contributed by atoms with Gasteiger partial charge in [0, 0.05) is 12.8 Å². The predicted octanol–water partition coefficient (Wildman–Crippen LogP) is 6.11. The molecular formula is C20H38O2Si. The van der Waals surface area contributed by atoms with E-state index in [1.54, 1.807) is 0 Å².